The molecular formula is C21H25BrN2O3. The van der Waals surface area contributed by atoms with Gasteiger partial charge in [-0.05, 0) is 47.0 Å². The molecule has 1 aliphatic heterocycles. The number of ether oxygens (including phenoxy) is 2. The maximum Gasteiger partial charge on any atom is 0.251 e. The van der Waals surface area contributed by atoms with Crippen LogP contribution in [0, 0.1) is 0 Å². The molecule has 2 aromatic rings. The molecular weight excluding hydrogens is 408 g/mol. The molecule has 1 heterocycles. The number of methoxy groups -OCH3 is 1. The van der Waals surface area contributed by atoms with Crippen molar-refractivity contribution in [1.29, 1.82) is 0 Å². The van der Waals surface area contributed by atoms with Gasteiger partial charge in [0.05, 0.1) is 18.2 Å². The van der Waals surface area contributed by atoms with Crippen molar-refractivity contribution in [3.05, 3.63) is 58.1 Å². The molecule has 3 rings (SSSR count). The second-order valence-corrected chi connectivity index (χ2v) is 7.46. The number of rotatable bonds is 7. The van der Waals surface area contributed by atoms with Gasteiger partial charge in [-0.15, -0.1) is 0 Å². The highest BCUT2D eigenvalue weighted by atomic mass is 79.9. The Labute approximate surface area is 168 Å². The van der Waals surface area contributed by atoms with Gasteiger partial charge < -0.3 is 14.8 Å². The molecule has 1 N–H and O–H groups in total. The minimum Gasteiger partial charge on any atom is -0.493 e. The molecule has 1 unspecified atom stereocenters. The molecule has 1 aliphatic rings. The number of nitrogens with one attached hydrogen (secondary N) is 1. The van der Waals surface area contributed by atoms with E-state index in [2.05, 4.69) is 50.4 Å². The number of hydrogen-bond donors (Lipinski definition) is 1. The summed E-state index contributed by atoms with van der Waals surface area (Å²) >= 11 is 3.47. The van der Waals surface area contributed by atoms with E-state index in [0.717, 1.165) is 26.1 Å². The average molecular weight is 433 g/mol. The highest BCUT2D eigenvalue weighted by Gasteiger charge is 2.25. The molecule has 0 aromatic heterocycles. The molecule has 6 heteroatoms. The molecule has 144 valence electrons. The van der Waals surface area contributed by atoms with Crippen LogP contribution in [0.3, 0.4) is 0 Å². The Morgan fingerprint density at radius 3 is 2.78 bits per heavy atom. The second-order valence-electron chi connectivity index (χ2n) is 6.60. The first-order valence-electron chi connectivity index (χ1n) is 9.18. The fourth-order valence-corrected chi connectivity index (χ4v) is 3.90. The smallest absolute Gasteiger partial charge is 0.251 e. The quantitative estimate of drug-likeness (QED) is 0.721. The summed E-state index contributed by atoms with van der Waals surface area (Å²) in [5, 5.41) is 3.14. The molecule has 27 heavy (non-hydrogen) atoms. The Bertz CT molecular complexity index is 782. The maximum absolute atomic E-state index is 12.7. The van der Waals surface area contributed by atoms with E-state index < -0.39 is 0 Å². The SMILES string of the molecule is CCOc1c(Br)cc(C(=O)NC2CCN(Cc3ccccc3)C2)cc1OC. The second kappa shape index (κ2) is 9.24. The van der Waals surface area contributed by atoms with Gasteiger partial charge in [-0.2, -0.15) is 0 Å². The number of benzene rings is 2. The van der Waals surface area contributed by atoms with Gasteiger partial charge in [-0.3, -0.25) is 9.69 Å². The van der Waals surface area contributed by atoms with E-state index in [9.17, 15) is 4.79 Å². The molecule has 2 aromatic carbocycles. The summed E-state index contributed by atoms with van der Waals surface area (Å²) in [4.78, 5) is 15.1. The number of carbonyl (C=O) groups excluding carboxylic acids is 1. The van der Waals surface area contributed by atoms with Crippen molar-refractivity contribution in [1.82, 2.24) is 10.2 Å². The third-order valence-corrected chi connectivity index (χ3v) is 5.23. The number of likely N-dealkylation sites (tertiary alicyclic amines) is 1. The zero-order valence-electron chi connectivity index (χ0n) is 15.7. The number of carbonyl (C=O) groups is 1. The van der Waals surface area contributed by atoms with E-state index in [1.165, 1.54) is 5.56 Å². The largest absolute Gasteiger partial charge is 0.493 e. The maximum atomic E-state index is 12.7. The van der Waals surface area contributed by atoms with Crippen molar-refractivity contribution in [2.24, 2.45) is 0 Å². The summed E-state index contributed by atoms with van der Waals surface area (Å²) in [6, 6.07) is 14.1. The van der Waals surface area contributed by atoms with Crippen LogP contribution in [-0.2, 0) is 6.54 Å². The van der Waals surface area contributed by atoms with Crippen LogP contribution in [0.4, 0.5) is 0 Å². The third-order valence-electron chi connectivity index (χ3n) is 4.64. The Balaban J connectivity index is 1.61. The van der Waals surface area contributed by atoms with Gasteiger partial charge >= 0.3 is 0 Å². The predicted octanol–water partition coefficient (Wildman–Crippen LogP) is 3.86. The van der Waals surface area contributed by atoms with E-state index in [1.54, 1.807) is 19.2 Å². The van der Waals surface area contributed by atoms with Crippen molar-refractivity contribution in [3.63, 3.8) is 0 Å². The van der Waals surface area contributed by atoms with Crippen molar-refractivity contribution in [2.45, 2.75) is 25.9 Å². The lowest BCUT2D eigenvalue weighted by Gasteiger charge is -2.17. The molecule has 0 aliphatic carbocycles. The van der Waals surface area contributed by atoms with E-state index in [-0.39, 0.29) is 11.9 Å². The molecule has 5 nitrogen and oxygen atoms in total. The molecule has 0 spiro atoms. The standard InChI is InChI=1S/C21H25BrN2O3/c1-3-27-20-18(22)11-16(12-19(20)26-2)21(25)23-17-9-10-24(14-17)13-15-7-5-4-6-8-15/h4-8,11-12,17H,3,9-10,13-14H2,1-2H3,(H,23,25). The number of amides is 1. The Hall–Kier alpha value is -2.05. The van der Waals surface area contributed by atoms with Crippen LogP contribution in [0.1, 0.15) is 29.3 Å². The van der Waals surface area contributed by atoms with Gasteiger partial charge in [0.15, 0.2) is 11.5 Å². The van der Waals surface area contributed by atoms with E-state index >= 15 is 0 Å². The molecule has 1 atom stereocenters. The van der Waals surface area contributed by atoms with Crippen molar-refractivity contribution in [3.8, 4) is 11.5 Å². The molecule has 0 saturated carbocycles. The summed E-state index contributed by atoms with van der Waals surface area (Å²) in [7, 11) is 1.57. The van der Waals surface area contributed by atoms with Gasteiger partial charge in [-0.25, -0.2) is 0 Å². The predicted molar refractivity (Wildman–Crippen MR) is 109 cm³/mol. The minimum absolute atomic E-state index is 0.0939. The summed E-state index contributed by atoms with van der Waals surface area (Å²) < 4.78 is 11.7. The number of halogens is 1. The molecule has 1 amide bonds. The lowest BCUT2D eigenvalue weighted by Crippen LogP contribution is -2.37. The average Bonchev–Trinajstić information content (AvgIpc) is 3.10. The van der Waals surface area contributed by atoms with Gasteiger partial charge in [-0.1, -0.05) is 30.3 Å². The highest BCUT2D eigenvalue weighted by Crippen LogP contribution is 2.36. The zero-order chi connectivity index (χ0) is 19.2. The molecule has 0 bridgehead atoms. The van der Waals surface area contributed by atoms with Gasteiger partial charge in [0.1, 0.15) is 0 Å². The summed E-state index contributed by atoms with van der Waals surface area (Å²) in [5.74, 6) is 1.07. The van der Waals surface area contributed by atoms with Crippen molar-refractivity contribution < 1.29 is 14.3 Å². The molecule has 0 radical (unpaired) electrons. The fourth-order valence-electron chi connectivity index (χ4n) is 3.34. The Morgan fingerprint density at radius 2 is 2.07 bits per heavy atom. The minimum atomic E-state index is -0.0939. The fraction of sp³-hybridized carbons (Fsp3) is 0.381. The lowest BCUT2D eigenvalue weighted by atomic mass is 10.1. The topological polar surface area (TPSA) is 50.8 Å². The van der Waals surface area contributed by atoms with E-state index in [0.29, 0.717) is 28.1 Å². The van der Waals surface area contributed by atoms with Crippen LogP contribution in [0.15, 0.2) is 46.9 Å². The summed E-state index contributed by atoms with van der Waals surface area (Å²) in [5.41, 5.74) is 1.85. The highest BCUT2D eigenvalue weighted by molar-refractivity contribution is 9.10. The lowest BCUT2D eigenvalue weighted by molar-refractivity contribution is 0.0937. The zero-order valence-corrected chi connectivity index (χ0v) is 17.3. The van der Waals surface area contributed by atoms with E-state index in [4.69, 9.17) is 9.47 Å². The van der Waals surface area contributed by atoms with Crippen LogP contribution in [0.2, 0.25) is 0 Å². The summed E-state index contributed by atoms with van der Waals surface area (Å²) in [6.07, 6.45) is 0.952. The van der Waals surface area contributed by atoms with Crippen molar-refractivity contribution >= 4 is 21.8 Å². The normalized spacial score (nSPS) is 16.9. The van der Waals surface area contributed by atoms with Gasteiger partial charge in [0, 0.05) is 31.2 Å². The van der Waals surface area contributed by atoms with Crippen LogP contribution in [-0.4, -0.2) is 43.7 Å². The number of hydrogen-bond acceptors (Lipinski definition) is 4. The van der Waals surface area contributed by atoms with Crippen LogP contribution < -0.4 is 14.8 Å². The summed E-state index contributed by atoms with van der Waals surface area (Å²) in [6.45, 7) is 5.19. The van der Waals surface area contributed by atoms with Gasteiger partial charge in [0.2, 0.25) is 0 Å². The third kappa shape index (κ3) is 5.02. The van der Waals surface area contributed by atoms with Crippen LogP contribution in [0.25, 0.3) is 0 Å². The molecule has 1 fully saturated rings. The first kappa shape index (κ1) is 19.7. The van der Waals surface area contributed by atoms with Crippen LogP contribution in [0.5, 0.6) is 11.5 Å². The Morgan fingerprint density at radius 1 is 1.30 bits per heavy atom. The number of nitrogens with zero attached hydrogens (tertiary/aromatic N) is 1. The monoisotopic (exact) mass is 432 g/mol. The van der Waals surface area contributed by atoms with Crippen LogP contribution >= 0.6 is 15.9 Å². The van der Waals surface area contributed by atoms with Gasteiger partial charge in [0.25, 0.3) is 5.91 Å². The first-order valence-corrected chi connectivity index (χ1v) is 9.97. The van der Waals surface area contributed by atoms with E-state index in [1.807, 2.05) is 13.0 Å². The van der Waals surface area contributed by atoms with Crippen molar-refractivity contribution in [2.75, 3.05) is 26.8 Å². The molecule has 1 saturated heterocycles. The first-order chi connectivity index (χ1) is 13.1. The Kier molecular flexibility index (Phi) is 6.74.